The first-order valence-corrected chi connectivity index (χ1v) is 9.18. The predicted octanol–water partition coefficient (Wildman–Crippen LogP) is 3.12. The van der Waals surface area contributed by atoms with Crippen molar-refractivity contribution in [3.05, 3.63) is 90.2 Å². The maximum Gasteiger partial charge on any atom is 0.269 e. The molecule has 132 valence electrons. The lowest BCUT2D eigenvalue weighted by molar-refractivity contribution is 0.0941. The van der Waals surface area contributed by atoms with Gasteiger partial charge in [0, 0.05) is 0 Å². The summed E-state index contributed by atoms with van der Waals surface area (Å²) in [7, 11) is -3.94. The SMILES string of the molecule is O=C(NNS(=O)(=O)c1ccccc1)c1cc(-c2ccccc2)ccc1F. The largest absolute Gasteiger partial charge is 0.273 e. The van der Waals surface area contributed by atoms with Gasteiger partial charge in [-0.25, -0.2) is 12.8 Å². The Morgan fingerprint density at radius 1 is 0.808 bits per heavy atom. The van der Waals surface area contributed by atoms with Gasteiger partial charge in [0.1, 0.15) is 5.82 Å². The highest BCUT2D eigenvalue weighted by Crippen LogP contribution is 2.21. The average Bonchev–Trinajstić information content (AvgIpc) is 2.68. The molecule has 26 heavy (non-hydrogen) atoms. The van der Waals surface area contributed by atoms with Crippen LogP contribution in [0.5, 0.6) is 0 Å². The van der Waals surface area contributed by atoms with Crippen molar-refractivity contribution < 1.29 is 17.6 Å². The van der Waals surface area contributed by atoms with Crippen molar-refractivity contribution in [3.8, 4) is 11.1 Å². The molecule has 0 aliphatic carbocycles. The Bertz CT molecular complexity index is 1020. The number of amides is 1. The summed E-state index contributed by atoms with van der Waals surface area (Å²) in [4.78, 5) is 14.2. The molecule has 5 nitrogen and oxygen atoms in total. The number of hydrogen-bond donors (Lipinski definition) is 2. The Morgan fingerprint density at radius 3 is 2.08 bits per heavy atom. The minimum Gasteiger partial charge on any atom is -0.273 e. The van der Waals surface area contributed by atoms with Crippen LogP contribution >= 0.6 is 0 Å². The van der Waals surface area contributed by atoms with Crippen molar-refractivity contribution in [3.63, 3.8) is 0 Å². The predicted molar refractivity (Wildman–Crippen MR) is 96.1 cm³/mol. The minimum atomic E-state index is -3.94. The summed E-state index contributed by atoms with van der Waals surface area (Å²) in [6.07, 6.45) is 0. The van der Waals surface area contributed by atoms with E-state index in [9.17, 15) is 17.6 Å². The van der Waals surface area contributed by atoms with Gasteiger partial charge in [0.05, 0.1) is 10.5 Å². The number of benzene rings is 3. The van der Waals surface area contributed by atoms with Crippen molar-refractivity contribution in [2.24, 2.45) is 0 Å². The molecule has 1 amide bonds. The zero-order valence-electron chi connectivity index (χ0n) is 13.5. The zero-order valence-corrected chi connectivity index (χ0v) is 14.3. The van der Waals surface area contributed by atoms with Gasteiger partial charge in [-0.05, 0) is 35.4 Å². The molecule has 0 aliphatic rings. The monoisotopic (exact) mass is 370 g/mol. The highest BCUT2D eigenvalue weighted by molar-refractivity contribution is 7.89. The normalized spacial score (nSPS) is 11.1. The number of carbonyl (C=O) groups is 1. The van der Waals surface area contributed by atoms with Gasteiger partial charge in [0.25, 0.3) is 15.9 Å². The van der Waals surface area contributed by atoms with Crippen LogP contribution in [0.15, 0.2) is 83.8 Å². The molecule has 3 aromatic carbocycles. The molecule has 0 saturated heterocycles. The topological polar surface area (TPSA) is 75.3 Å². The number of halogens is 1. The lowest BCUT2D eigenvalue weighted by Crippen LogP contribution is -2.41. The van der Waals surface area contributed by atoms with E-state index >= 15 is 0 Å². The number of nitrogens with one attached hydrogen (secondary N) is 2. The van der Waals surface area contributed by atoms with E-state index in [1.54, 1.807) is 24.3 Å². The molecule has 0 unspecified atom stereocenters. The molecule has 7 heteroatoms. The van der Waals surface area contributed by atoms with Crippen LogP contribution in [0.25, 0.3) is 11.1 Å². The second-order valence-electron chi connectivity index (χ2n) is 5.43. The Hall–Kier alpha value is -3.03. The highest BCUT2D eigenvalue weighted by atomic mass is 32.2. The molecule has 3 rings (SSSR count). The van der Waals surface area contributed by atoms with E-state index in [0.29, 0.717) is 5.56 Å². The van der Waals surface area contributed by atoms with Crippen LogP contribution in [0.2, 0.25) is 0 Å². The van der Waals surface area contributed by atoms with Crippen LogP contribution in [-0.2, 0) is 10.0 Å². The number of hydrogen-bond acceptors (Lipinski definition) is 3. The Labute approximate surface area is 150 Å². The van der Waals surface area contributed by atoms with Gasteiger partial charge in [-0.1, -0.05) is 54.6 Å². The van der Waals surface area contributed by atoms with Crippen LogP contribution < -0.4 is 10.3 Å². The summed E-state index contributed by atoms with van der Waals surface area (Å²) in [6.45, 7) is 0. The van der Waals surface area contributed by atoms with E-state index in [1.807, 2.05) is 40.6 Å². The molecular formula is C19H15FN2O3S. The summed E-state index contributed by atoms with van der Waals surface area (Å²) >= 11 is 0. The Morgan fingerprint density at radius 2 is 1.42 bits per heavy atom. The van der Waals surface area contributed by atoms with Crippen LogP contribution in [0, 0.1) is 5.82 Å². The standard InChI is InChI=1S/C19H15FN2O3S/c20-18-12-11-15(14-7-3-1-4-8-14)13-17(18)19(23)21-22-26(24,25)16-9-5-2-6-10-16/h1-13,22H,(H,21,23). The van der Waals surface area contributed by atoms with Crippen molar-refractivity contribution in [1.29, 1.82) is 0 Å². The highest BCUT2D eigenvalue weighted by Gasteiger charge is 2.17. The smallest absolute Gasteiger partial charge is 0.269 e. The van der Waals surface area contributed by atoms with E-state index in [-0.39, 0.29) is 10.5 Å². The fraction of sp³-hybridized carbons (Fsp3) is 0. The summed E-state index contributed by atoms with van der Waals surface area (Å²) in [5, 5.41) is 0. The molecule has 0 bridgehead atoms. The van der Waals surface area contributed by atoms with Gasteiger partial charge < -0.3 is 0 Å². The Kier molecular flexibility index (Phi) is 5.11. The molecule has 0 spiro atoms. The summed E-state index contributed by atoms with van der Waals surface area (Å²) in [5.41, 5.74) is 3.23. The molecule has 0 aliphatic heterocycles. The number of sulfonamides is 1. The van der Waals surface area contributed by atoms with Crippen LogP contribution in [-0.4, -0.2) is 14.3 Å². The molecule has 0 heterocycles. The fourth-order valence-corrected chi connectivity index (χ4v) is 3.21. The van der Waals surface area contributed by atoms with Crippen molar-refractivity contribution in [1.82, 2.24) is 10.3 Å². The molecular weight excluding hydrogens is 355 g/mol. The van der Waals surface area contributed by atoms with Gasteiger partial charge in [-0.3, -0.25) is 10.2 Å². The zero-order chi connectivity index (χ0) is 18.6. The van der Waals surface area contributed by atoms with E-state index in [4.69, 9.17) is 0 Å². The number of hydrazine groups is 1. The van der Waals surface area contributed by atoms with Gasteiger partial charge in [0.2, 0.25) is 0 Å². The maximum absolute atomic E-state index is 14.0. The fourth-order valence-electron chi connectivity index (χ4n) is 2.35. The van der Waals surface area contributed by atoms with Gasteiger partial charge >= 0.3 is 0 Å². The first-order valence-electron chi connectivity index (χ1n) is 7.69. The summed E-state index contributed by atoms with van der Waals surface area (Å²) in [6, 6.07) is 20.8. The van der Waals surface area contributed by atoms with E-state index < -0.39 is 21.7 Å². The van der Waals surface area contributed by atoms with E-state index in [2.05, 4.69) is 0 Å². The molecule has 3 aromatic rings. The molecule has 0 saturated carbocycles. The van der Waals surface area contributed by atoms with Crippen molar-refractivity contribution in [2.75, 3.05) is 0 Å². The first-order chi connectivity index (χ1) is 12.5. The number of carbonyl (C=O) groups excluding carboxylic acids is 1. The third-order valence-corrected chi connectivity index (χ3v) is 4.93. The van der Waals surface area contributed by atoms with Gasteiger partial charge in [0.15, 0.2) is 0 Å². The summed E-state index contributed by atoms with van der Waals surface area (Å²) in [5.74, 6) is -1.64. The van der Waals surface area contributed by atoms with Crippen molar-refractivity contribution in [2.45, 2.75) is 4.90 Å². The quantitative estimate of drug-likeness (QED) is 0.678. The van der Waals surface area contributed by atoms with Gasteiger partial charge in [-0.2, -0.15) is 0 Å². The molecule has 0 fully saturated rings. The second kappa shape index (κ2) is 7.47. The maximum atomic E-state index is 14.0. The van der Waals surface area contributed by atoms with Crippen LogP contribution in [0.4, 0.5) is 4.39 Å². The minimum absolute atomic E-state index is 0.0150. The van der Waals surface area contributed by atoms with E-state index in [0.717, 1.165) is 5.56 Å². The van der Waals surface area contributed by atoms with Gasteiger partial charge in [-0.15, -0.1) is 4.83 Å². The summed E-state index contributed by atoms with van der Waals surface area (Å²) < 4.78 is 38.3. The number of rotatable bonds is 5. The first kappa shape index (κ1) is 17.8. The third kappa shape index (κ3) is 3.96. The average molecular weight is 370 g/mol. The third-order valence-electron chi connectivity index (χ3n) is 3.67. The van der Waals surface area contributed by atoms with Crippen LogP contribution in [0.1, 0.15) is 10.4 Å². The molecule has 0 atom stereocenters. The van der Waals surface area contributed by atoms with Crippen molar-refractivity contribution >= 4 is 15.9 Å². The molecule has 0 radical (unpaired) electrons. The lowest BCUT2D eigenvalue weighted by Gasteiger charge is -2.10. The molecule has 2 N–H and O–H groups in total. The second-order valence-corrected chi connectivity index (χ2v) is 7.12. The van der Waals surface area contributed by atoms with Crippen LogP contribution in [0.3, 0.4) is 0 Å². The lowest BCUT2D eigenvalue weighted by atomic mass is 10.0. The molecule has 0 aromatic heterocycles. The van der Waals surface area contributed by atoms with E-state index in [1.165, 1.54) is 24.3 Å². The Balaban J connectivity index is 1.80.